The molecule has 0 aromatic rings. The zero-order chi connectivity index (χ0) is 7.94. The molecule has 1 aliphatic carbocycles. The second kappa shape index (κ2) is 5.08. The Balaban J connectivity index is 2.26. The van der Waals surface area contributed by atoms with Crippen LogP contribution in [0.3, 0.4) is 0 Å². The van der Waals surface area contributed by atoms with Crippen LogP contribution in [0.4, 0.5) is 0 Å². The van der Waals surface area contributed by atoms with Crippen molar-refractivity contribution in [3.63, 3.8) is 0 Å². The molecule has 2 heteroatoms. The average molecular weight is 152 g/mol. The van der Waals surface area contributed by atoms with Crippen LogP contribution >= 0.6 is 0 Å². The number of hydrogen-bond donors (Lipinski definition) is 1. The molecule has 0 unspecified atom stereocenters. The van der Waals surface area contributed by atoms with E-state index in [0.717, 1.165) is 13.1 Å². The van der Waals surface area contributed by atoms with E-state index in [-0.39, 0.29) is 0 Å². The van der Waals surface area contributed by atoms with Crippen LogP contribution in [0.15, 0.2) is 17.1 Å². The van der Waals surface area contributed by atoms with Gasteiger partial charge in [-0.05, 0) is 32.4 Å². The molecule has 1 rings (SSSR count). The van der Waals surface area contributed by atoms with Gasteiger partial charge in [0, 0.05) is 12.3 Å². The highest BCUT2D eigenvalue weighted by atomic mass is 14.9. The second-order valence-corrected chi connectivity index (χ2v) is 2.77. The van der Waals surface area contributed by atoms with Crippen molar-refractivity contribution in [2.75, 3.05) is 20.1 Å². The first-order valence-corrected chi connectivity index (χ1v) is 4.28. The van der Waals surface area contributed by atoms with Crippen LogP contribution in [0.2, 0.25) is 0 Å². The summed E-state index contributed by atoms with van der Waals surface area (Å²) in [4.78, 5) is 4.44. The quantitative estimate of drug-likeness (QED) is 0.607. The maximum Gasteiger partial charge on any atom is 0.0517 e. The van der Waals surface area contributed by atoms with Crippen molar-refractivity contribution in [1.82, 2.24) is 5.32 Å². The van der Waals surface area contributed by atoms with Crippen molar-refractivity contribution in [3.8, 4) is 0 Å². The van der Waals surface area contributed by atoms with Crippen LogP contribution in [0.25, 0.3) is 0 Å². The van der Waals surface area contributed by atoms with E-state index in [1.807, 2.05) is 7.05 Å². The molecular weight excluding hydrogens is 136 g/mol. The lowest BCUT2D eigenvalue weighted by atomic mass is 10.1. The normalized spacial score (nSPS) is 21.0. The molecule has 0 atom stereocenters. The molecule has 0 saturated carbocycles. The highest BCUT2D eigenvalue weighted by Crippen LogP contribution is 2.06. The minimum absolute atomic E-state index is 0.913. The summed E-state index contributed by atoms with van der Waals surface area (Å²) in [6.45, 7) is 1.90. The van der Waals surface area contributed by atoms with Crippen LogP contribution in [-0.2, 0) is 0 Å². The third kappa shape index (κ3) is 3.33. The van der Waals surface area contributed by atoms with Gasteiger partial charge in [0.15, 0.2) is 0 Å². The van der Waals surface area contributed by atoms with Crippen molar-refractivity contribution in [2.24, 2.45) is 4.99 Å². The third-order valence-corrected chi connectivity index (χ3v) is 1.79. The Hall–Kier alpha value is -0.630. The van der Waals surface area contributed by atoms with Gasteiger partial charge in [0.1, 0.15) is 0 Å². The van der Waals surface area contributed by atoms with Crippen molar-refractivity contribution in [3.05, 3.63) is 12.2 Å². The van der Waals surface area contributed by atoms with Crippen molar-refractivity contribution in [2.45, 2.75) is 19.3 Å². The lowest BCUT2D eigenvalue weighted by molar-refractivity contribution is 0.795. The molecule has 11 heavy (non-hydrogen) atoms. The van der Waals surface area contributed by atoms with E-state index in [9.17, 15) is 0 Å². The number of rotatable bonds is 3. The molecule has 0 bridgehead atoms. The Labute approximate surface area is 68.4 Å². The molecular formula is C9H16N2. The SMILES string of the molecule is CNCCN=C1C=CCCC1. The van der Waals surface area contributed by atoms with Gasteiger partial charge >= 0.3 is 0 Å². The second-order valence-electron chi connectivity index (χ2n) is 2.77. The summed E-state index contributed by atoms with van der Waals surface area (Å²) in [6.07, 6.45) is 8.03. The molecule has 0 spiro atoms. The van der Waals surface area contributed by atoms with Gasteiger partial charge in [-0.25, -0.2) is 0 Å². The molecule has 0 aliphatic heterocycles. The molecule has 62 valence electrons. The lowest BCUT2D eigenvalue weighted by Gasteiger charge is -2.05. The minimum Gasteiger partial charge on any atom is -0.318 e. The van der Waals surface area contributed by atoms with Crippen LogP contribution in [-0.4, -0.2) is 25.8 Å². The number of nitrogens with zero attached hydrogens (tertiary/aromatic N) is 1. The maximum atomic E-state index is 4.44. The smallest absolute Gasteiger partial charge is 0.0517 e. The van der Waals surface area contributed by atoms with E-state index in [2.05, 4.69) is 22.5 Å². The van der Waals surface area contributed by atoms with Gasteiger partial charge in [0.25, 0.3) is 0 Å². The van der Waals surface area contributed by atoms with Crippen LogP contribution in [0.5, 0.6) is 0 Å². The van der Waals surface area contributed by atoms with Gasteiger partial charge in [-0.1, -0.05) is 6.08 Å². The van der Waals surface area contributed by atoms with Crippen LogP contribution in [0, 0.1) is 0 Å². The Morgan fingerprint density at radius 2 is 2.55 bits per heavy atom. The summed E-state index contributed by atoms with van der Waals surface area (Å²) in [5, 5.41) is 3.08. The number of aliphatic imine (C=N–C) groups is 1. The molecule has 1 N–H and O–H groups in total. The first-order chi connectivity index (χ1) is 5.43. The molecule has 0 radical (unpaired) electrons. The fourth-order valence-corrected chi connectivity index (χ4v) is 1.15. The summed E-state index contributed by atoms with van der Waals surface area (Å²) in [7, 11) is 1.96. The van der Waals surface area contributed by atoms with Gasteiger partial charge < -0.3 is 5.32 Å². The predicted molar refractivity (Wildman–Crippen MR) is 49.2 cm³/mol. The number of hydrogen-bond acceptors (Lipinski definition) is 2. The molecule has 0 aromatic heterocycles. The van der Waals surface area contributed by atoms with E-state index in [4.69, 9.17) is 0 Å². The largest absolute Gasteiger partial charge is 0.318 e. The third-order valence-electron chi connectivity index (χ3n) is 1.79. The van der Waals surface area contributed by atoms with Gasteiger partial charge in [-0.15, -0.1) is 0 Å². The Morgan fingerprint density at radius 1 is 1.64 bits per heavy atom. The topological polar surface area (TPSA) is 24.4 Å². The molecule has 0 saturated heterocycles. The van der Waals surface area contributed by atoms with Crippen molar-refractivity contribution in [1.29, 1.82) is 0 Å². The summed E-state index contributed by atoms with van der Waals surface area (Å²) < 4.78 is 0. The van der Waals surface area contributed by atoms with Crippen molar-refractivity contribution >= 4 is 5.71 Å². The van der Waals surface area contributed by atoms with E-state index in [1.165, 1.54) is 25.0 Å². The van der Waals surface area contributed by atoms with E-state index >= 15 is 0 Å². The Bertz CT molecular complexity index is 159. The Kier molecular flexibility index (Phi) is 3.91. The monoisotopic (exact) mass is 152 g/mol. The van der Waals surface area contributed by atoms with E-state index in [1.54, 1.807) is 0 Å². The highest BCUT2D eigenvalue weighted by molar-refractivity contribution is 5.95. The molecule has 0 fully saturated rings. The minimum atomic E-state index is 0.913. The zero-order valence-corrected chi connectivity index (χ0v) is 7.14. The molecule has 2 nitrogen and oxygen atoms in total. The molecule has 1 aliphatic rings. The summed E-state index contributed by atoms with van der Waals surface area (Å²) in [5.74, 6) is 0. The first-order valence-electron chi connectivity index (χ1n) is 4.28. The van der Waals surface area contributed by atoms with Gasteiger partial charge in [-0.2, -0.15) is 0 Å². The number of likely N-dealkylation sites (N-methyl/N-ethyl adjacent to an activating group) is 1. The van der Waals surface area contributed by atoms with Crippen LogP contribution in [0.1, 0.15) is 19.3 Å². The summed E-state index contributed by atoms with van der Waals surface area (Å²) in [6, 6.07) is 0. The summed E-state index contributed by atoms with van der Waals surface area (Å²) >= 11 is 0. The van der Waals surface area contributed by atoms with Gasteiger partial charge in [0.05, 0.1) is 6.54 Å². The van der Waals surface area contributed by atoms with Gasteiger partial charge in [-0.3, -0.25) is 4.99 Å². The highest BCUT2D eigenvalue weighted by Gasteiger charge is 1.98. The lowest BCUT2D eigenvalue weighted by Crippen LogP contribution is -2.12. The van der Waals surface area contributed by atoms with Crippen molar-refractivity contribution < 1.29 is 0 Å². The summed E-state index contributed by atoms with van der Waals surface area (Å²) in [5.41, 5.74) is 1.27. The average Bonchev–Trinajstić information content (AvgIpc) is 2.07. The fourth-order valence-electron chi connectivity index (χ4n) is 1.15. The van der Waals surface area contributed by atoms with Crippen LogP contribution < -0.4 is 5.32 Å². The number of allylic oxidation sites excluding steroid dienone is 2. The molecule has 0 heterocycles. The van der Waals surface area contributed by atoms with E-state index in [0.29, 0.717) is 0 Å². The number of nitrogens with one attached hydrogen (secondary N) is 1. The standard InChI is InChI=1S/C9H16N2/c1-10-7-8-11-9-5-3-2-4-6-9/h3,5,10H,2,4,6-8H2,1H3. The molecule has 0 amide bonds. The maximum absolute atomic E-state index is 4.44. The molecule has 0 aromatic carbocycles. The van der Waals surface area contributed by atoms with Gasteiger partial charge in [0.2, 0.25) is 0 Å². The zero-order valence-electron chi connectivity index (χ0n) is 7.14. The van der Waals surface area contributed by atoms with E-state index < -0.39 is 0 Å². The Morgan fingerprint density at radius 3 is 3.18 bits per heavy atom. The predicted octanol–water partition coefficient (Wildman–Crippen LogP) is 1.39. The first kappa shape index (κ1) is 8.47. The fraction of sp³-hybridized carbons (Fsp3) is 0.667.